The van der Waals surface area contributed by atoms with Gasteiger partial charge < -0.3 is 33.9 Å². The lowest BCUT2D eigenvalue weighted by Gasteiger charge is -2.28. The zero-order valence-corrected chi connectivity index (χ0v) is 20.0. The summed E-state index contributed by atoms with van der Waals surface area (Å²) in [4.78, 5) is 11.3. The van der Waals surface area contributed by atoms with E-state index < -0.39 is 5.97 Å². The third kappa shape index (κ3) is 4.77. The molecule has 2 unspecified atom stereocenters. The number of benzene rings is 3. The monoisotopic (exact) mass is 480 g/mol. The Hall–Kier alpha value is -4.07. The van der Waals surface area contributed by atoms with Gasteiger partial charge in [-0.2, -0.15) is 0 Å². The number of methoxy groups -OCH3 is 2. The highest BCUT2D eigenvalue weighted by atomic mass is 16.5. The van der Waals surface area contributed by atoms with Crippen LogP contribution in [0.1, 0.15) is 46.0 Å². The van der Waals surface area contributed by atoms with E-state index in [1.165, 1.54) is 11.6 Å². The first-order valence-electron chi connectivity index (χ1n) is 11.2. The molecule has 0 radical (unpaired) electrons. The molecule has 5 rings (SSSR count). The predicted molar refractivity (Wildman–Crippen MR) is 128 cm³/mol. The molecule has 0 saturated carbocycles. The minimum Gasteiger partial charge on any atom is -0.508 e. The molecule has 0 bridgehead atoms. The average Bonchev–Trinajstić information content (AvgIpc) is 3.21. The Kier molecular flexibility index (Phi) is 6.91. The van der Waals surface area contributed by atoms with Gasteiger partial charge in [-0.3, -0.25) is 0 Å². The van der Waals surface area contributed by atoms with Crippen molar-refractivity contribution in [3.63, 3.8) is 0 Å². The first kappa shape index (κ1) is 24.1. The second kappa shape index (κ2) is 10.0. The molecule has 8 nitrogen and oxygen atoms in total. The standard InChI is InChI=1S/C17H16O4.C10H12O4/c1-18-10-4-6-13-15(7-10)20-9-14-12-5-3-11(19-2)8-16(12)21-17(13)14;1-3-14-10(13)9-6(2)4-7(11)5-8(9)12/h3-8,14,17H,9H2,1-2H3;4-5,11-12H,3H2,1-2H3. The fourth-order valence-corrected chi connectivity index (χ4v) is 4.29. The van der Waals surface area contributed by atoms with Crippen LogP contribution in [0.3, 0.4) is 0 Å². The second-order valence-corrected chi connectivity index (χ2v) is 8.14. The number of aryl methyl sites for hydroxylation is 1. The summed E-state index contributed by atoms with van der Waals surface area (Å²) in [5.41, 5.74) is 2.84. The number of phenols is 2. The van der Waals surface area contributed by atoms with Gasteiger partial charge in [0.05, 0.1) is 33.4 Å². The van der Waals surface area contributed by atoms with Gasteiger partial charge in [-0.1, -0.05) is 6.07 Å². The molecule has 35 heavy (non-hydrogen) atoms. The number of carbonyl (C=O) groups excluding carboxylic acids is 1. The Labute approximate surface area is 203 Å². The molecule has 2 heterocycles. The fourth-order valence-electron chi connectivity index (χ4n) is 4.29. The lowest BCUT2D eigenvalue weighted by molar-refractivity contribution is 0.0522. The van der Waals surface area contributed by atoms with E-state index in [4.69, 9.17) is 28.8 Å². The number of aromatic hydroxyl groups is 2. The number of phenolic OH excluding ortho intramolecular Hbond substituents is 2. The Bertz CT molecular complexity index is 1210. The van der Waals surface area contributed by atoms with E-state index in [1.54, 1.807) is 28.1 Å². The fraction of sp³-hybridized carbons (Fsp3) is 0.296. The van der Waals surface area contributed by atoms with Crippen LogP contribution in [0.4, 0.5) is 0 Å². The second-order valence-electron chi connectivity index (χ2n) is 8.14. The summed E-state index contributed by atoms with van der Waals surface area (Å²) >= 11 is 0. The van der Waals surface area contributed by atoms with E-state index in [-0.39, 0.29) is 35.7 Å². The molecule has 0 aromatic heterocycles. The van der Waals surface area contributed by atoms with Gasteiger partial charge in [0.25, 0.3) is 0 Å². The van der Waals surface area contributed by atoms with Crippen LogP contribution in [0.5, 0.6) is 34.5 Å². The summed E-state index contributed by atoms with van der Waals surface area (Å²) in [5.74, 6) is 2.64. The third-order valence-electron chi connectivity index (χ3n) is 5.96. The average molecular weight is 481 g/mol. The minimum absolute atomic E-state index is 0.00163. The van der Waals surface area contributed by atoms with E-state index in [1.807, 2.05) is 30.3 Å². The van der Waals surface area contributed by atoms with Crippen molar-refractivity contribution in [3.05, 3.63) is 70.8 Å². The van der Waals surface area contributed by atoms with Gasteiger partial charge in [-0.25, -0.2) is 4.79 Å². The molecular weight excluding hydrogens is 452 g/mol. The molecule has 0 aliphatic carbocycles. The first-order chi connectivity index (χ1) is 16.9. The van der Waals surface area contributed by atoms with Crippen LogP contribution in [0, 0.1) is 6.92 Å². The molecule has 2 N–H and O–H groups in total. The molecule has 2 aliphatic rings. The number of carbonyl (C=O) groups is 1. The van der Waals surface area contributed by atoms with E-state index in [9.17, 15) is 9.90 Å². The summed E-state index contributed by atoms with van der Waals surface area (Å²) in [6.07, 6.45) is 0.00163. The SMILES string of the molecule is CCOC(=O)c1c(C)cc(O)cc1O.COc1ccc2c(c1)OC1c3ccc(OC)cc3OCC21. The normalized spacial score (nSPS) is 16.8. The molecule has 3 aromatic rings. The Morgan fingerprint density at radius 2 is 1.63 bits per heavy atom. The van der Waals surface area contributed by atoms with Gasteiger partial charge in [0, 0.05) is 29.3 Å². The van der Waals surface area contributed by atoms with E-state index in [0.29, 0.717) is 12.2 Å². The quantitative estimate of drug-likeness (QED) is 0.509. The summed E-state index contributed by atoms with van der Waals surface area (Å²) in [6.45, 7) is 4.17. The van der Waals surface area contributed by atoms with Crippen molar-refractivity contribution in [2.24, 2.45) is 0 Å². The number of fused-ring (bicyclic) bond motifs is 5. The van der Waals surface area contributed by atoms with Gasteiger partial charge in [0.2, 0.25) is 0 Å². The highest BCUT2D eigenvalue weighted by Crippen LogP contribution is 2.52. The van der Waals surface area contributed by atoms with Gasteiger partial charge in [-0.15, -0.1) is 0 Å². The number of esters is 1. The predicted octanol–water partition coefficient (Wildman–Crippen LogP) is 4.90. The first-order valence-corrected chi connectivity index (χ1v) is 11.2. The van der Waals surface area contributed by atoms with Gasteiger partial charge in [0.15, 0.2) is 0 Å². The summed E-state index contributed by atoms with van der Waals surface area (Å²) in [5, 5.41) is 18.5. The molecule has 0 amide bonds. The Balaban J connectivity index is 0.000000181. The van der Waals surface area contributed by atoms with Gasteiger partial charge >= 0.3 is 5.97 Å². The highest BCUT2D eigenvalue weighted by molar-refractivity contribution is 5.94. The number of hydrogen-bond donors (Lipinski definition) is 2. The maximum Gasteiger partial charge on any atom is 0.342 e. The van der Waals surface area contributed by atoms with Crippen molar-refractivity contribution >= 4 is 5.97 Å². The maximum absolute atomic E-state index is 11.3. The van der Waals surface area contributed by atoms with Gasteiger partial charge in [0.1, 0.15) is 46.2 Å². The molecule has 2 atom stereocenters. The lowest BCUT2D eigenvalue weighted by atomic mass is 9.89. The van der Waals surface area contributed by atoms with E-state index in [0.717, 1.165) is 34.6 Å². The highest BCUT2D eigenvalue weighted by Gasteiger charge is 2.40. The van der Waals surface area contributed by atoms with Crippen molar-refractivity contribution in [1.82, 2.24) is 0 Å². The topological polar surface area (TPSA) is 104 Å². The molecule has 2 aliphatic heterocycles. The van der Waals surface area contributed by atoms with Crippen LogP contribution in [0.2, 0.25) is 0 Å². The van der Waals surface area contributed by atoms with Gasteiger partial charge in [-0.05, 0) is 43.7 Å². The zero-order valence-electron chi connectivity index (χ0n) is 20.0. The Morgan fingerprint density at radius 3 is 2.26 bits per heavy atom. The lowest BCUT2D eigenvalue weighted by Crippen LogP contribution is -2.23. The zero-order chi connectivity index (χ0) is 25.1. The molecule has 0 fully saturated rings. The molecular formula is C27H28O8. The van der Waals surface area contributed by atoms with E-state index >= 15 is 0 Å². The van der Waals surface area contributed by atoms with Crippen molar-refractivity contribution < 1.29 is 38.7 Å². The Morgan fingerprint density at radius 1 is 0.971 bits per heavy atom. The van der Waals surface area contributed by atoms with Crippen LogP contribution >= 0.6 is 0 Å². The van der Waals surface area contributed by atoms with Crippen molar-refractivity contribution in [3.8, 4) is 34.5 Å². The van der Waals surface area contributed by atoms with Crippen LogP contribution in [-0.4, -0.2) is 43.6 Å². The molecule has 0 saturated heterocycles. The summed E-state index contributed by atoms with van der Waals surface area (Å²) < 4.78 is 27.3. The van der Waals surface area contributed by atoms with Crippen LogP contribution < -0.4 is 18.9 Å². The summed E-state index contributed by atoms with van der Waals surface area (Å²) in [7, 11) is 3.32. The minimum atomic E-state index is -0.581. The number of hydrogen-bond acceptors (Lipinski definition) is 8. The molecule has 8 heteroatoms. The van der Waals surface area contributed by atoms with Crippen molar-refractivity contribution in [2.45, 2.75) is 25.9 Å². The van der Waals surface area contributed by atoms with Crippen molar-refractivity contribution in [1.29, 1.82) is 0 Å². The summed E-state index contributed by atoms with van der Waals surface area (Å²) in [6, 6.07) is 14.4. The molecule has 0 spiro atoms. The van der Waals surface area contributed by atoms with E-state index in [2.05, 4.69) is 6.07 Å². The largest absolute Gasteiger partial charge is 0.508 e. The smallest absolute Gasteiger partial charge is 0.342 e. The van der Waals surface area contributed by atoms with Crippen LogP contribution in [-0.2, 0) is 4.74 Å². The molecule has 3 aromatic carbocycles. The van der Waals surface area contributed by atoms with Crippen LogP contribution in [0.15, 0.2) is 48.5 Å². The maximum atomic E-state index is 11.3. The number of rotatable bonds is 4. The molecule has 184 valence electrons. The van der Waals surface area contributed by atoms with Crippen molar-refractivity contribution in [2.75, 3.05) is 27.4 Å². The third-order valence-corrected chi connectivity index (χ3v) is 5.96. The van der Waals surface area contributed by atoms with Crippen LogP contribution in [0.25, 0.3) is 0 Å². The number of ether oxygens (including phenoxy) is 5.